The molecule has 17 heteroatoms. The first-order valence-corrected chi connectivity index (χ1v) is 14.3. The third kappa shape index (κ3) is 7.10. The highest BCUT2D eigenvalue weighted by Crippen LogP contribution is 2.49. The Bertz CT molecular complexity index is 1760. The largest absolute Gasteiger partial charge is 0.457 e. The van der Waals surface area contributed by atoms with E-state index >= 15 is 0 Å². The predicted octanol–water partition coefficient (Wildman–Crippen LogP) is 11.0. The van der Waals surface area contributed by atoms with Crippen LogP contribution in [0.2, 0.25) is 10.0 Å². The van der Waals surface area contributed by atoms with E-state index in [0.29, 0.717) is 24.5 Å². The van der Waals surface area contributed by atoms with E-state index in [1.807, 2.05) is 0 Å². The molecule has 0 fully saturated rings. The van der Waals surface area contributed by atoms with E-state index in [4.69, 9.17) is 27.9 Å². The first-order chi connectivity index (χ1) is 21.7. The van der Waals surface area contributed by atoms with E-state index in [1.165, 1.54) is 12.1 Å². The summed E-state index contributed by atoms with van der Waals surface area (Å²) in [7, 11) is 0. The number of halogens is 8. The van der Waals surface area contributed by atoms with Gasteiger partial charge in [0, 0.05) is 35.7 Å². The van der Waals surface area contributed by atoms with Crippen molar-refractivity contribution < 1.29 is 40.9 Å². The molecule has 0 bridgehead atoms. The number of alkyl halides is 6. The zero-order chi connectivity index (χ0) is 35.2. The number of nitrogens with zero attached hydrogens (tertiary/aromatic N) is 4. The average molecular weight is 703 g/mol. The molecular weight excluding hydrogens is 681 g/mol. The van der Waals surface area contributed by atoms with Gasteiger partial charge < -0.3 is 4.74 Å². The molecule has 0 aliphatic heterocycles. The van der Waals surface area contributed by atoms with Crippen molar-refractivity contribution in [1.82, 2.24) is 9.97 Å². The number of hydrogen-bond donors (Lipinski definition) is 0. The molecule has 248 valence electrons. The van der Waals surface area contributed by atoms with Gasteiger partial charge in [-0.2, -0.15) is 26.3 Å². The quantitative estimate of drug-likeness (QED) is 0.102. The van der Waals surface area contributed by atoms with Crippen molar-refractivity contribution in [2.75, 3.05) is 0 Å². The molecular formula is C30H22Cl2F6N4O5. The lowest BCUT2D eigenvalue weighted by atomic mass is 9.91. The molecule has 4 aromatic rings. The van der Waals surface area contributed by atoms with Crippen molar-refractivity contribution in [3.63, 3.8) is 0 Å². The van der Waals surface area contributed by atoms with Gasteiger partial charge in [-0.15, -0.1) is 0 Å². The van der Waals surface area contributed by atoms with E-state index in [9.17, 15) is 46.6 Å². The van der Waals surface area contributed by atoms with Crippen LogP contribution < -0.4 is 4.74 Å². The first kappa shape index (κ1) is 35.4. The molecule has 0 radical (unpaired) electrons. The maximum atomic E-state index is 13.3. The van der Waals surface area contributed by atoms with Crippen LogP contribution in [0.3, 0.4) is 0 Å². The summed E-state index contributed by atoms with van der Waals surface area (Å²) in [4.78, 5) is 30.3. The molecule has 0 unspecified atom stereocenters. The minimum absolute atomic E-state index is 0.0356. The Labute approximate surface area is 272 Å². The zero-order valence-corrected chi connectivity index (χ0v) is 26.1. The fourth-order valence-corrected chi connectivity index (χ4v) is 5.50. The summed E-state index contributed by atoms with van der Waals surface area (Å²) in [6, 6.07) is 5.74. The molecule has 0 aliphatic carbocycles. The van der Waals surface area contributed by atoms with Crippen LogP contribution in [0.1, 0.15) is 61.8 Å². The standard InChI is InChI=1S/C30H22Cl2F6N4O5/c1-13(2)23-21(7-5-19(41(43)44)25(23)27-17(31)9-15(11-39-27)29(33,34)35)47-22-8-6-20(42(45)46)26(24(22)14(3)4)28-18(32)10-16(12-40-28)30(36,37)38/h5-14H,1-4H3. The highest BCUT2D eigenvalue weighted by atomic mass is 35.5. The molecule has 9 nitrogen and oxygen atoms in total. The van der Waals surface area contributed by atoms with Gasteiger partial charge >= 0.3 is 12.4 Å². The van der Waals surface area contributed by atoms with Crippen LogP contribution in [0, 0.1) is 20.2 Å². The van der Waals surface area contributed by atoms with Gasteiger partial charge in [0.05, 0.1) is 53.5 Å². The fraction of sp³-hybridized carbons (Fsp3) is 0.267. The van der Waals surface area contributed by atoms with Gasteiger partial charge in [-0.05, 0) is 36.1 Å². The van der Waals surface area contributed by atoms with E-state index < -0.39 is 66.6 Å². The molecule has 47 heavy (non-hydrogen) atoms. The molecule has 0 N–H and O–H groups in total. The Morgan fingerprint density at radius 2 is 1.02 bits per heavy atom. The van der Waals surface area contributed by atoms with Gasteiger partial charge in [0.1, 0.15) is 11.5 Å². The summed E-state index contributed by atoms with van der Waals surface area (Å²) in [5.74, 6) is -1.25. The highest BCUT2D eigenvalue weighted by Gasteiger charge is 2.36. The average Bonchev–Trinajstić information content (AvgIpc) is 2.95. The predicted molar refractivity (Wildman–Crippen MR) is 161 cm³/mol. The van der Waals surface area contributed by atoms with Gasteiger partial charge in [0.25, 0.3) is 11.4 Å². The zero-order valence-electron chi connectivity index (χ0n) is 24.6. The second kappa shape index (κ2) is 13.0. The second-order valence-electron chi connectivity index (χ2n) is 10.8. The normalized spacial score (nSPS) is 12.1. The van der Waals surface area contributed by atoms with Crippen molar-refractivity contribution in [2.45, 2.75) is 51.9 Å². The summed E-state index contributed by atoms with van der Waals surface area (Å²) < 4.78 is 86.2. The molecule has 2 aromatic carbocycles. The second-order valence-corrected chi connectivity index (χ2v) is 11.6. The molecule has 0 spiro atoms. The SMILES string of the molecule is CC(C)c1c(Oc2ccc([N+](=O)[O-])c(-c3ncc(C(F)(F)F)cc3Cl)c2C(C)C)ccc([N+](=O)[O-])c1-c1ncc(C(F)(F)F)cc1Cl. The number of ether oxygens (including phenoxy) is 1. The summed E-state index contributed by atoms with van der Waals surface area (Å²) in [6.45, 7) is 6.52. The van der Waals surface area contributed by atoms with Crippen LogP contribution in [0.4, 0.5) is 37.7 Å². The summed E-state index contributed by atoms with van der Waals surface area (Å²) in [5, 5.41) is 23.2. The molecule has 0 amide bonds. The molecule has 2 heterocycles. The Balaban J connectivity index is 2.01. The molecule has 0 aliphatic rings. The van der Waals surface area contributed by atoms with Gasteiger partial charge in [-0.1, -0.05) is 50.9 Å². The van der Waals surface area contributed by atoms with E-state index in [1.54, 1.807) is 27.7 Å². The lowest BCUT2D eigenvalue weighted by molar-refractivity contribution is -0.384. The van der Waals surface area contributed by atoms with E-state index in [2.05, 4.69) is 9.97 Å². The van der Waals surface area contributed by atoms with Crippen molar-refractivity contribution >= 4 is 34.6 Å². The minimum Gasteiger partial charge on any atom is -0.457 e. The van der Waals surface area contributed by atoms with Crippen molar-refractivity contribution in [2.24, 2.45) is 0 Å². The number of aromatic nitrogens is 2. The molecule has 0 saturated carbocycles. The fourth-order valence-electron chi connectivity index (χ4n) is 4.98. The third-order valence-corrected chi connectivity index (χ3v) is 7.52. The summed E-state index contributed by atoms with van der Waals surface area (Å²) in [6.07, 6.45) is -8.61. The smallest absolute Gasteiger partial charge is 0.417 e. The van der Waals surface area contributed by atoms with Crippen LogP contribution in [0.15, 0.2) is 48.8 Å². The van der Waals surface area contributed by atoms with Crippen LogP contribution in [0.5, 0.6) is 11.5 Å². The number of hydrogen-bond acceptors (Lipinski definition) is 7. The molecule has 0 atom stereocenters. The topological polar surface area (TPSA) is 121 Å². The number of pyridine rings is 2. The Morgan fingerprint density at radius 3 is 1.28 bits per heavy atom. The number of nitro groups is 2. The number of benzene rings is 2. The Kier molecular flexibility index (Phi) is 9.74. The molecule has 2 aromatic heterocycles. The van der Waals surface area contributed by atoms with Crippen LogP contribution >= 0.6 is 23.2 Å². The summed E-state index contributed by atoms with van der Waals surface area (Å²) in [5.41, 5.74) is -4.28. The maximum absolute atomic E-state index is 13.3. The van der Waals surface area contributed by atoms with Crippen LogP contribution in [-0.2, 0) is 12.4 Å². The van der Waals surface area contributed by atoms with Crippen molar-refractivity contribution in [3.8, 4) is 34.0 Å². The lowest BCUT2D eigenvalue weighted by Gasteiger charge is -2.22. The lowest BCUT2D eigenvalue weighted by Crippen LogP contribution is -2.08. The van der Waals surface area contributed by atoms with Crippen molar-refractivity contribution in [1.29, 1.82) is 0 Å². The van der Waals surface area contributed by atoms with Gasteiger partial charge in [-0.3, -0.25) is 30.2 Å². The number of nitro benzene ring substituents is 2. The monoisotopic (exact) mass is 702 g/mol. The van der Waals surface area contributed by atoms with E-state index in [0.717, 1.165) is 12.1 Å². The highest BCUT2D eigenvalue weighted by molar-refractivity contribution is 6.33. The molecule has 0 saturated heterocycles. The van der Waals surface area contributed by atoms with Gasteiger partial charge in [0.15, 0.2) is 0 Å². The third-order valence-electron chi connectivity index (χ3n) is 6.95. The first-order valence-electron chi connectivity index (χ1n) is 13.5. The van der Waals surface area contributed by atoms with Crippen LogP contribution in [0.25, 0.3) is 22.5 Å². The summed E-state index contributed by atoms with van der Waals surface area (Å²) >= 11 is 12.4. The van der Waals surface area contributed by atoms with E-state index in [-0.39, 0.29) is 45.1 Å². The Morgan fingerprint density at radius 1 is 0.681 bits per heavy atom. The van der Waals surface area contributed by atoms with Gasteiger partial charge in [0.2, 0.25) is 0 Å². The maximum Gasteiger partial charge on any atom is 0.417 e. The minimum atomic E-state index is -4.79. The Hall–Kier alpha value is -4.50. The molecule has 4 rings (SSSR count). The van der Waals surface area contributed by atoms with Gasteiger partial charge in [-0.25, -0.2) is 0 Å². The van der Waals surface area contributed by atoms with Crippen molar-refractivity contribution in [3.05, 3.63) is 101 Å². The number of rotatable bonds is 8. The van der Waals surface area contributed by atoms with Crippen LogP contribution in [-0.4, -0.2) is 19.8 Å².